The molecular formula is C18H19ClN4S. The molecule has 1 aromatic heterocycles. The summed E-state index contributed by atoms with van der Waals surface area (Å²) in [6.07, 6.45) is 6.65. The Hall–Kier alpha value is -1.72. The van der Waals surface area contributed by atoms with E-state index in [1.54, 1.807) is 4.68 Å². The number of allylic oxidation sites excluding steroid dienone is 2. The van der Waals surface area contributed by atoms with Crippen LogP contribution in [0.1, 0.15) is 26.7 Å². The van der Waals surface area contributed by atoms with Crippen molar-refractivity contribution in [2.45, 2.75) is 26.7 Å². The maximum Gasteiger partial charge on any atom is 0.216 e. The van der Waals surface area contributed by atoms with Gasteiger partial charge in [-0.15, -0.1) is 0 Å². The molecule has 5 rings (SSSR count). The predicted octanol–water partition coefficient (Wildman–Crippen LogP) is 5.09. The van der Waals surface area contributed by atoms with Crippen molar-refractivity contribution in [1.29, 1.82) is 0 Å². The molecule has 2 bridgehead atoms. The van der Waals surface area contributed by atoms with Gasteiger partial charge in [-0.3, -0.25) is 0 Å². The standard InChI is InChI=1S/C18H19ClN4S/c1-18(2)12-8-7-11(14(18)9-12)10-20-23-16(21-22-17(23)24)13-5-3-4-6-15(13)19/h3-7,10,12,14H,8-9H2,1-2H3,(H,22,24)/t12-,14+/m0/s1. The second-order valence-corrected chi connectivity index (χ2v) is 7.93. The highest BCUT2D eigenvalue weighted by Gasteiger charge is 2.50. The van der Waals surface area contributed by atoms with Crippen molar-refractivity contribution in [3.8, 4) is 11.4 Å². The number of rotatable bonds is 3. The molecule has 1 fully saturated rings. The zero-order chi connectivity index (χ0) is 16.9. The van der Waals surface area contributed by atoms with Crippen molar-refractivity contribution in [1.82, 2.24) is 14.9 Å². The smallest absolute Gasteiger partial charge is 0.216 e. The first-order valence-corrected chi connectivity index (χ1v) is 8.94. The summed E-state index contributed by atoms with van der Waals surface area (Å²) in [4.78, 5) is 0. The number of halogens is 1. The molecule has 1 aromatic carbocycles. The molecule has 1 N–H and O–H groups in total. The number of benzene rings is 1. The summed E-state index contributed by atoms with van der Waals surface area (Å²) in [6, 6.07) is 7.57. The average Bonchev–Trinajstić information content (AvgIpc) is 2.94. The monoisotopic (exact) mass is 358 g/mol. The van der Waals surface area contributed by atoms with Crippen LogP contribution in [0.2, 0.25) is 5.02 Å². The number of H-pyrrole nitrogens is 1. The molecule has 2 atom stereocenters. The number of aromatic amines is 1. The fourth-order valence-electron chi connectivity index (χ4n) is 3.88. The lowest BCUT2D eigenvalue weighted by molar-refractivity contribution is -0.00126. The van der Waals surface area contributed by atoms with E-state index in [2.05, 4.69) is 35.2 Å². The Bertz CT molecular complexity index is 906. The van der Waals surface area contributed by atoms with Crippen LogP contribution >= 0.6 is 23.8 Å². The second-order valence-electron chi connectivity index (χ2n) is 7.13. The molecule has 3 aliphatic carbocycles. The third kappa shape index (κ3) is 2.38. The first kappa shape index (κ1) is 15.8. The second kappa shape index (κ2) is 5.67. The van der Waals surface area contributed by atoms with Gasteiger partial charge in [0.25, 0.3) is 0 Å². The van der Waals surface area contributed by atoms with Gasteiger partial charge in [0.1, 0.15) is 0 Å². The lowest BCUT2D eigenvalue weighted by Gasteiger charge is -2.55. The minimum atomic E-state index is 0.375. The molecule has 4 nitrogen and oxygen atoms in total. The highest BCUT2D eigenvalue weighted by atomic mass is 35.5. The Morgan fingerprint density at radius 2 is 2.21 bits per heavy atom. The minimum Gasteiger partial charge on any atom is -0.250 e. The van der Waals surface area contributed by atoms with Gasteiger partial charge in [0.2, 0.25) is 4.77 Å². The van der Waals surface area contributed by atoms with Gasteiger partial charge < -0.3 is 0 Å². The van der Waals surface area contributed by atoms with Gasteiger partial charge in [-0.25, -0.2) is 5.10 Å². The molecule has 2 aromatic rings. The van der Waals surface area contributed by atoms with Crippen molar-refractivity contribution < 1.29 is 0 Å². The summed E-state index contributed by atoms with van der Waals surface area (Å²) in [5.41, 5.74) is 2.49. The Labute approximate surface area is 151 Å². The molecule has 0 spiro atoms. The fraction of sp³-hybridized carbons (Fsp3) is 0.389. The van der Waals surface area contributed by atoms with E-state index in [0.29, 0.717) is 27.0 Å². The van der Waals surface area contributed by atoms with Gasteiger partial charge in [-0.2, -0.15) is 14.9 Å². The molecular weight excluding hydrogens is 340 g/mol. The minimum absolute atomic E-state index is 0.375. The molecule has 0 aliphatic heterocycles. The first-order chi connectivity index (χ1) is 11.5. The summed E-state index contributed by atoms with van der Waals surface area (Å²) in [5, 5.41) is 12.4. The van der Waals surface area contributed by atoms with Gasteiger partial charge >= 0.3 is 0 Å². The van der Waals surface area contributed by atoms with Crippen molar-refractivity contribution in [3.63, 3.8) is 0 Å². The Morgan fingerprint density at radius 3 is 2.92 bits per heavy atom. The average molecular weight is 359 g/mol. The summed E-state index contributed by atoms with van der Waals surface area (Å²) < 4.78 is 2.11. The quantitative estimate of drug-likeness (QED) is 0.613. The third-order valence-electron chi connectivity index (χ3n) is 5.60. The number of fused-ring (bicyclic) bond motifs is 1. The lowest BCUT2D eigenvalue weighted by atomic mass is 9.49. The van der Waals surface area contributed by atoms with E-state index in [0.717, 1.165) is 17.9 Å². The van der Waals surface area contributed by atoms with E-state index in [1.165, 1.54) is 12.0 Å². The summed E-state index contributed by atoms with van der Waals surface area (Å²) >= 11 is 11.6. The number of nitrogens with zero attached hydrogens (tertiary/aromatic N) is 3. The van der Waals surface area contributed by atoms with E-state index in [4.69, 9.17) is 23.8 Å². The van der Waals surface area contributed by atoms with Gasteiger partial charge in [0, 0.05) is 5.56 Å². The third-order valence-corrected chi connectivity index (χ3v) is 6.19. The van der Waals surface area contributed by atoms with Gasteiger partial charge in [0.15, 0.2) is 5.82 Å². The van der Waals surface area contributed by atoms with Crippen LogP contribution in [0.4, 0.5) is 0 Å². The Kier molecular flexibility index (Phi) is 3.73. The van der Waals surface area contributed by atoms with E-state index >= 15 is 0 Å². The molecule has 3 aliphatic rings. The summed E-state index contributed by atoms with van der Waals surface area (Å²) in [6.45, 7) is 4.71. The molecule has 6 heteroatoms. The highest BCUT2D eigenvalue weighted by Crippen LogP contribution is 2.58. The molecule has 0 radical (unpaired) electrons. The van der Waals surface area contributed by atoms with Crippen molar-refractivity contribution in [2.75, 3.05) is 0 Å². The van der Waals surface area contributed by atoms with Crippen LogP contribution in [-0.2, 0) is 0 Å². The fourth-order valence-corrected chi connectivity index (χ4v) is 4.28. The zero-order valence-electron chi connectivity index (χ0n) is 13.7. The van der Waals surface area contributed by atoms with E-state index in [9.17, 15) is 0 Å². The van der Waals surface area contributed by atoms with Crippen molar-refractivity contribution in [2.24, 2.45) is 22.4 Å². The van der Waals surface area contributed by atoms with Crippen molar-refractivity contribution >= 4 is 30.0 Å². The molecule has 24 heavy (non-hydrogen) atoms. The van der Waals surface area contributed by atoms with Crippen LogP contribution in [0.5, 0.6) is 0 Å². The summed E-state index contributed by atoms with van der Waals surface area (Å²) in [7, 11) is 0. The molecule has 1 saturated carbocycles. The van der Waals surface area contributed by atoms with Crippen LogP contribution < -0.4 is 0 Å². The topological polar surface area (TPSA) is 46.0 Å². The zero-order valence-corrected chi connectivity index (χ0v) is 15.2. The molecule has 124 valence electrons. The van der Waals surface area contributed by atoms with Crippen LogP contribution in [0.15, 0.2) is 41.0 Å². The number of hydrogen-bond acceptors (Lipinski definition) is 3. The normalized spacial score (nSPS) is 24.7. The maximum absolute atomic E-state index is 6.29. The Morgan fingerprint density at radius 1 is 1.42 bits per heavy atom. The summed E-state index contributed by atoms with van der Waals surface area (Å²) in [5.74, 6) is 2.03. The maximum atomic E-state index is 6.29. The van der Waals surface area contributed by atoms with Crippen LogP contribution in [-0.4, -0.2) is 21.1 Å². The highest BCUT2D eigenvalue weighted by molar-refractivity contribution is 7.71. The molecule has 1 heterocycles. The van der Waals surface area contributed by atoms with E-state index in [-0.39, 0.29) is 0 Å². The van der Waals surface area contributed by atoms with Gasteiger partial charge in [-0.1, -0.05) is 43.7 Å². The number of aromatic nitrogens is 3. The van der Waals surface area contributed by atoms with Crippen LogP contribution in [0.3, 0.4) is 0 Å². The van der Waals surface area contributed by atoms with Crippen LogP contribution in [0.25, 0.3) is 11.4 Å². The molecule has 0 saturated heterocycles. The largest absolute Gasteiger partial charge is 0.250 e. The molecule has 0 amide bonds. The Balaban J connectivity index is 1.69. The van der Waals surface area contributed by atoms with E-state index in [1.807, 2.05) is 30.5 Å². The lowest BCUT2D eigenvalue weighted by Crippen LogP contribution is -2.48. The van der Waals surface area contributed by atoms with Crippen LogP contribution in [0, 0.1) is 22.0 Å². The molecule has 0 unspecified atom stereocenters. The van der Waals surface area contributed by atoms with E-state index < -0.39 is 0 Å². The SMILES string of the molecule is CC1(C)[C@H]2CC=C(C=Nn3c(-c4ccccc4Cl)n[nH]c3=S)[C@H]1C2. The van der Waals surface area contributed by atoms with Crippen molar-refractivity contribution in [3.05, 3.63) is 45.7 Å². The first-order valence-electron chi connectivity index (χ1n) is 8.15. The number of hydrogen-bond donors (Lipinski definition) is 1. The van der Waals surface area contributed by atoms with Gasteiger partial charge in [-0.05, 0) is 60.0 Å². The van der Waals surface area contributed by atoms with Gasteiger partial charge in [0.05, 0.1) is 11.2 Å². The number of nitrogens with one attached hydrogen (secondary N) is 1. The predicted molar refractivity (Wildman–Crippen MR) is 99.8 cm³/mol.